The molecule has 0 spiro atoms. The van der Waals surface area contributed by atoms with E-state index in [1.165, 1.54) is 7.11 Å². The minimum absolute atomic E-state index is 0.395. The third kappa shape index (κ3) is 3.15. The molecule has 24 heavy (non-hydrogen) atoms. The van der Waals surface area contributed by atoms with E-state index >= 15 is 0 Å². The Morgan fingerprint density at radius 3 is 2.33 bits per heavy atom. The maximum atomic E-state index is 11.8. The highest BCUT2D eigenvalue weighted by molar-refractivity contribution is 5.96. The first kappa shape index (κ1) is 15.8. The zero-order chi connectivity index (χ0) is 17.1. The SMILES string of the molecule is COC(=O)c1ccc2nc(C)cc(Oc3ccc(OC)cc3)c2c1. The number of nitrogens with zero attached hydrogens (tertiary/aromatic N) is 1. The number of rotatable bonds is 4. The summed E-state index contributed by atoms with van der Waals surface area (Å²) in [5.74, 6) is 1.67. The molecule has 5 heteroatoms. The van der Waals surface area contributed by atoms with Crippen molar-refractivity contribution in [2.75, 3.05) is 14.2 Å². The number of aromatic nitrogens is 1. The normalized spacial score (nSPS) is 10.5. The second kappa shape index (κ2) is 6.58. The van der Waals surface area contributed by atoms with Crippen molar-refractivity contribution in [1.82, 2.24) is 4.98 Å². The molecule has 0 atom stereocenters. The third-order valence-corrected chi connectivity index (χ3v) is 3.61. The van der Waals surface area contributed by atoms with E-state index in [1.807, 2.05) is 37.3 Å². The number of aryl methyl sites for hydroxylation is 1. The maximum absolute atomic E-state index is 11.8. The van der Waals surface area contributed by atoms with Gasteiger partial charge in [0.2, 0.25) is 0 Å². The third-order valence-electron chi connectivity index (χ3n) is 3.61. The second-order valence-corrected chi connectivity index (χ2v) is 5.26. The van der Waals surface area contributed by atoms with Crippen LogP contribution in [0, 0.1) is 6.92 Å². The molecule has 122 valence electrons. The molecule has 2 aromatic carbocycles. The summed E-state index contributed by atoms with van der Waals surface area (Å²) in [6.45, 7) is 1.90. The molecule has 0 aliphatic carbocycles. The highest BCUT2D eigenvalue weighted by Gasteiger charge is 2.11. The summed E-state index contributed by atoms with van der Waals surface area (Å²) in [5, 5.41) is 0.749. The first-order chi connectivity index (χ1) is 11.6. The van der Waals surface area contributed by atoms with Crippen LogP contribution in [0.4, 0.5) is 0 Å². The standard InChI is InChI=1S/C19H17NO4/c1-12-10-18(24-15-7-5-14(22-2)6-8-15)16-11-13(19(21)23-3)4-9-17(16)20-12/h4-11H,1-3H3. The van der Waals surface area contributed by atoms with Gasteiger partial charge in [-0.25, -0.2) is 4.79 Å². The van der Waals surface area contributed by atoms with Gasteiger partial charge < -0.3 is 14.2 Å². The van der Waals surface area contributed by atoms with Crippen LogP contribution >= 0.6 is 0 Å². The van der Waals surface area contributed by atoms with Gasteiger partial charge in [0.05, 0.1) is 25.3 Å². The van der Waals surface area contributed by atoms with Gasteiger partial charge in [0, 0.05) is 17.1 Å². The Balaban J connectivity index is 2.05. The number of benzene rings is 2. The Morgan fingerprint density at radius 2 is 1.67 bits per heavy atom. The monoisotopic (exact) mass is 323 g/mol. The van der Waals surface area contributed by atoms with E-state index in [0.29, 0.717) is 17.1 Å². The number of hydrogen-bond donors (Lipinski definition) is 0. The summed E-state index contributed by atoms with van der Waals surface area (Å²) in [5.41, 5.74) is 2.04. The van der Waals surface area contributed by atoms with Crippen LogP contribution < -0.4 is 9.47 Å². The largest absolute Gasteiger partial charge is 0.497 e. The Kier molecular flexibility index (Phi) is 4.33. The van der Waals surface area contributed by atoms with Crippen LogP contribution in [0.1, 0.15) is 16.1 Å². The van der Waals surface area contributed by atoms with Crippen molar-refractivity contribution in [1.29, 1.82) is 0 Å². The lowest BCUT2D eigenvalue weighted by atomic mass is 10.1. The minimum Gasteiger partial charge on any atom is -0.497 e. The molecule has 0 N–H and O–H groups in total. The molecule has 5 nitrogen and oxygen atoms in total. The predicted octanol–water partition coefficient (Wildman–Crippen LogP) is 4.13. The number of fused-ring (bicyclic) bond motifs is 1. The molecule has 1 aromatic heterocycles. The van der Waals surface area contributed by atoms with E-state index < -0.39 is 5.97 Å². The lowest BCUT2D eigenvalue weighted by Crippen LogP contribution is -2.01. The minimum atomic E-state index is -0.395. The fourth-order valence-electron chi connectivity index (χ4n) is 2.42. The number of carbonyl (C=O) groups is 1. The summed E-state index contributed by atoms with van der Waals surface area (Å²) in [6, 6.07) is 14.3. The van der Waals surface area contributed by atoms with Crippen LogP contribution in [0.2, 0.25) is 0 Å². The van der Waals surface area contributed by atoms with E-state index in [0.717, 1.165) is 22.3 Å². The van der Waals surface area contributed by atoms with Crippen molar-refractivity contribution in [3.63, 3.8) is 0 Å². The van der Waals surface area contributed by atoms with Gasteiger partial charge in [-0.05, 0) is 49.4 Å². The van der Waals surface area contributed by atoms with E-state index in [-0.39, 0.29) is 0 Å². The average molecular weight is 323 g/mol. The summed E-state index contributed by atoms with van der Waals surface area (Å²) >= 11 is 0. The molecule has 3 rings (SSSR count). The average Bonchev–Trinajstić information content (AvgIpc) is 2.61. The molecule has 0 aliphatic heterocycles. The van der Waals surface area contributed by atoms with Gasteiger partial charge in [0.15, 0.2) is 0 Å². The molecule has 3 aromatic rings. The van der Waals surface area contributed by atoms with Gasteiger partial charge in [-0.1, -0.05) is 0 Å². The van der Waals surface area contributed by atoms with Gasteiger partial charge in [-0.15, -0.1) is 0 Å². The Bertz CT molecular complexity index is 888. The molecule has 0 fully saturated rings. The Labute approximate surface area is 139 Å². The van der Waals surface area contributed by atoms with E-state index in [9.17, 15) is 4.79 Å². The highest BCUT2D eigenvalue weighted by atomic mass is 16.5. The smallest absolute Gasteiger partial charge is 0.337 e. The Morgan fingerprint density at radius 1 is 0.958 bits per heavy atom. The first-order valence-corrected chi connectivity index (χ1v) is 7.42. The van der Waals surface area contributed by atoms with Crippen molar-refractivity contribution in [2.24, 2.45) is 0 Å². The van der Waals surface area contributed by atoms with Crippen LogP contribution in [0.3, 0.4) is 0 Å². The summed E-state index contributed by atoms with van der Waals surface area (Å²) < 4.78 is 15.9. The zero-order valence-corrected chi connectivity index (χ0v) is 13.7. The van der Waals surface area contributed by atoms with E-state index in [4.69, 9.17) is 14.2 Å². The number of carbonyl (C=O) groups excluding carboxylic acids is 1. The van der Waals surface area contributed by atoms with Crippen LogP contribution in [0.15, 0.2) is 48.5 Å². The maximum Gasteiger partial charge on any atom is 0.337 e. The van der Waals surface area contributed by atoms with Gasteiger partial charge in [-0.2, -0.15) is 0 Å². The summed E-state index contributed by atoms with van der Waals surface area (Å²) in [4.78, 5) is 16.2. The number of ether oxygens (including phenoxy) is 3. The van der Waals surface area contributed by atoms with Crippen LogP contribution in [-0.2, 0) is 4.74 Å². The quantitative estimate of drug-likeness (QED) is 0.676. The van der Waals surface area contributed by atoms with Crippen molar-refractivity contribution >= 4 is 16.9 Å². The molecule has 0 bridgehead atoms. The molecule has 1 heterocycles. The van der Waals surface area contributed by atoms with Crippen molar-refractivity contribution in [3.8, 4) is 17.2 Å². The first-order valence-electron chi connectivity index (χ1n) is 7.42. The summed E-state index contributed by atoms with van der Waals surface area (Å²) in [6.07, 6.45) is 0. The number of pyridine rings is 1. The van der Waals surface area contributed by atoms with Gasteiger partial charge >= 0.3 is 5.97 Å². The number of methoxy groups -OCH3 is 2. The van der Waals surface area contributed by atoms with Gasteiger partial charge in [-0.3, -0.25) is 4.98 Å². The van der Waals surface area contributed by atoms with Crippen LogP contribution in [-0.4, -0.2) is 25.2 Å². The molecule has 0 radical (unpaired) electrons. The Hall–Kier alpha value is -3.08. The lowest BCUT2D eigenvalue weighted by molar-refractivity contribution is 0.0601. The lowest BCUT2D eigenvalue weighted by Gasteiger charge is -2.11. The molecule has 0 amide bonds. The molecular weight excluding hydrogens is 306 g/mol. The van der Waals surface area contributed by atoms with E-state index in [1.54, 1.807) is 25.3 Å². The van der Waals surface area contributed by atoms with Crippen LogP contribution in [0.25, 0.3) is 10.9 Å². The summed E-state index contributed by atoms with van der Waals surface area (Å²) in [7, 11) is 2.97. The van der Waals surface area contributed by atoms with Crippen LogP contribution in [0.5, 0.6) is 17.2 Å². The topological polar surface area (TPSA) is 57.7 Å². The fraction of sp³-hybridized carbons (Fsp3) is 0.158. The van der Waals surface area contributed by atoms with E-state index in [2.05, 4.69) is 4.98 Å². The molecule has 0 saturated carbocycles. The molecule has 0 aliphatic rings. The molecular formula is C19H17NO4. The number of esters is 1. The van der Waals surface area contributed by atoms with Crippen molar-refractivity contribution in [2.45, 2.75) is 6.92 Å². The van der Waals surface area contributed by atoms with Crippen molar-refractivity contribution in [3.05, 3.63) is 59.8 Å². The van der Waals surface area contributed by atoms with Gasteiger partial charge in [0.1, 0.15) is 17.2 Å². The number of hydrogen-bond acceptors (Lipinski definition) is 5. The fourth-order valence-corrected chi connectivity index (χ4v) is 2.42. The molecule has 0 unspecified atom stereocenters. The predicted molar refractivity (Wildman–Crippen MR) is 90.9 cm³/mol. The van der Waals surface area contributed by atoms with Gasteiger partial charge in [0.25, 0.3) is 0 Å². The molecule has 0 saturated heterocycles. The zero-order valence-electron chi connectivity index (χ0n) is 13.7. The van der Waals surface area contributed by atoms with Crippen molar-refractivity contribution < 1.29 is 19.0 Å². The highest BCUT2D eigenvalue weighted by Crippen LogP contribution is 2.31. The second-order valence-electron chi connectivity index (χ2n) is 5.26.